The van der Waals surface area contributed by atoms with Crippen molar-refractivity contribution >= 4 is 6.08 Å². The molecule has 0 nitrogen and oxygen atoms in total. The van der Waals surface area contributed by atoms with Gasteiger partial charge >= 0.3 is 0 Å². The maximum Gasteiger partial charge on any atom is 0.0207 e. The van der Waals surface area contributed by atoms with E-state index in [4.69, 9.17) is 0 Å². The molecule has 20 heavy (non-hydrogen) atoms. The van der Waals surface area contributed by atoms with Crippen LogP contribution in [0.25, 0.3) is 6.08 Å². The lowest BCUT2D eigenvalue weighted by molar-refractivity contribution is 0.917. The van der Waals surface area contributed by atoms with E-state index < -0.39 is 0 Å². The van der Waals surface area contributed by atoms with Crippen LogP contribution in [0, 0.1) is 5.92 Å². The zero-order chi connectivity index (χ0) is 13.4. The summed E-state index contributed by atoms with van der Waals surface area (Å²) in [4.78, 5) is 0. The summed E-state index contributed by atoms with van der Waals surface area (Å²) in [5, 5.41) is 0. The Morgan fingerprint density at radius 1 is 1.00 bits per heavy atom. The molecule has 3 aliphatic rings. The SMILES string of the molecule is C1=CC2=CC(CCC3=Cc4ccccc4C3)=CC2C=C1. The Bertz CT molecular complexity index is 693. The molecule has 0 aromatic heterocycles. The van der Waals surface area contributed by atoms with Gasteiger partial charge in [-0.1, -0.05) is 77.9 Å². The third-order valence-corrected chi connectivity index (χ3v) is 4.42. The zero-order valence-corrected chi connectivity index (χ0v) is 11.5. The Morgan fingerprint density at radius 2 is 1.95 bits per heavy atom. The van der Waals surface area contributed by atoms with Crippen LogP contribution < -0.4 is 0 Å². The van der Waals surface area contributed by atoms with E-state index in [1.807, 2.05) is 0 Å². The van der Waals surface area contributed by atoms with E-state index in [-0.39, 0.29) is 0 Å². The maximum atomic E-state index is 2.41. The first-order valence-corrected chi connectivity index (χ1v) is 7.43. The summed E-state index contributed by atoms with van der Waals surface area (Å²) in [5.74, 6) is 0.532. The molecule has 98 valence electrons. The molecule has 4 rings (SSSR count). The molecule has 1 unspecified atom stereocenters. The predicted molar refractivity (Wildman–Crippen MR) is 85.3 cm³/mol. The van der Waals surface area contributed by atoms with Gasteiger partial charge in [-0.25, -0.2) is 0 Å². The average molecular weight is 258 g/mol. The van der Waals surface area contributed by atoms with Crippen LogP contribution in [0.15, 0.2) is 77.4 Å². The quantitative estimate of drug-likeness (QED) is 0.714. The molecule has 0 amide bonds. The molecule has 3 aliphatic carbocycles. The van der Waals surface area contributed by atoms with Crippen molar-refractivity contribution in [2.75, 3.05) is 0 Å². The van der Waals surface area contributed by atoms with E-state index in [1.165, 1.54) is 35.1 Å². The fraction of sp³-hybridized carbons (Fsp3) is 0.200. The highest BCUT2D eigenvalue weighted by Crippen LogP contribution is 2.33. The standard InChI is InChI=1S/C20H18/c1-2-6-18-12-15(11-17(18)5-1)9-10-16-13-19-7-3-4-8-20(19)14-16/h1-8,11-13,17H,9-10,14H2. The monoisotopic (exact) mass is 258 g/mol. The molecule has 0 aliphatic heterocycles. The molecule has 0 heterocycles. The van der Waals surface area contributed by atoms with E-state index in [0.717, 1.165) is 6.42 Å². The lowest BCUT2D eigenvalue weighted by atomic mass is 9.98. The minimum Gasteiger partial charge on any atom is -0.0732 e. The van der Waals surface area contributed by atoms with Gasteiger partial charge in [-0.3, -0.25) is 0 Å². The minimum atomic E-state index is 0.532. The first kappa shape index (κ1) is 11.7. The Hall–Kier alpha value is -2.08. The summed E-state index contributed by atoms with van der Waals surface area (Å²) >= 11 is 0. The minimum absolute atomic E-state index is 0.532. The van der Waals surface area contributed by atoms with Crippen LogP contribution >= 0.6 is 0 Å². The summed E-state index contributed by atoms with van der Waals surface area (Å²) in [6.07, 6.45) is 19.5. The summed E-state index contributed by atoms with van der Waals surface area (Å²) in [5.41, 5.74) is 7.43. The smallest absolute Gasteiger partial charge is 0.0207 e. The second kappa shape index (κ2) is 4.79. The van der Waals surface area contributed by atoms with Crippen LogP contribution in [0.1, 0.15) is 24.0 Å². The number of benzene rings is 1. The van der Waals surface area contributed by atoms with Crippen molar-refractivity contribution in [1.82, 2.24) is 0 Å². The van der Waals surface area contributed by atoms with E-state index >= 15 is 0 Å². The molecule has 0 N–H and O–H groups in total. The zero-order valence-electron chi connectivity index (χ0n) is 11.5. The Balaban J connectivity index is 1.43. The number of hydrogen-bond donors (Lipinski definition) is 0. The van der Waals surface area contributed by atoms with Crippen molar-refractivity contribution in [2.24, 2.45) is 5.92 Å². The molecule has 0 radical (unpaired) electrons. The van der Waals surface area contributed by atoms with Gasteiger partial charge in [0.1, 0.15) is 0 Å². The number of fused-ring (bicyclic) bond motifs is 2. The summed E-state index contributed by atoms with van der Waals surface area (Å²) in [6.45, 7) is 0. The summed E-state index contributed by atoms with van der Waals surface area (Å²) in [6, 6.07) is 8.75. The van der Waals surface area contributed by atoms with Crippen LogP contribution in [0.4, 0.5) is 0 Å². The van der Waals surface area contributed by atoms with E-state index in [0.29, 0.717) is 5.92 Å². The molecule has 0 heteroatoms. The molecule has 0 saturated heterocycles. The lowest BCUT2D eigenvalue weighted by Crippen LogP contribution is -1.92. The lowest BCUT2D eigenvalue weighted by Gasteiger charge is -2.06. The number of hydrogen-bond acceptors (Lipinski definition) is 0. The summed E-state index contributed by atoms with van der Waals surface area (Å²) < 4.78 is 0. The van der Waals surface area contributed by atoms with Crippen LogP contribution in [0.3, 0.4) is 0 Å². The molecule has 1 atom stereocenters. The fourth-order valence-corrected chi connectivity index (χ4v) is 3.33. The van der Waals surface area contributed by atoms with Crippen molar-refractivity contribution in [1.29, 1.82) is 0 Å². The van der Waals surface area contributed by atoms with E-state index in [1.54, 1.807) is 5.57 Å². The molecule has 1 aromatic rings. The van der Waals surface area contributed by atoms with E-state index in [2.05, 4.69) is 66.8 Å². The first-order chi connectivity index (χ1) is 9.88. The molecule has 0 bridgehead atoms. The van der Waals surface area contributed by atoms with Crippen LogP contribution in [-0.4, -0.2) is 0 Å². The van der Waals surface area contributed by atoms with Gasteiger partial charge in [0.25, 0.3) is 0 Å². The average Bonchev–Trinajstić information content (AvgIpc) is 3.07. The second-order valence-corrected chi connectivity index (χ2v) is 5.83. The molecule has 0 fully saturated rings. The highest BCUT2D eigenvalue weighted by atomic mass is 14.2. The van der Waals surface area contributed by atoms with Gasteiger partial charge in [-0.15, -0.1) is 0 Å². The van der Waals surface area contributed by atoms with Gasteiger partial charge in [0, 0.05) is 5.92 Å². The van der Waals surface area contributed by atoms with Crippen molar-refractivity contribution in [3.05, 3.63) is 88.6 Å². The summed E-state index contributed by atoms with van der Waals surface area (Å²) in [7, 11) is 0. The topological polar surface area (TPSA) is 0 Å². The number of allylic oxidation sites excluding steroid dienone is 9. The Labute approximate surface area is 120 Å². The predicted octanol–water partition coefficient (Wildman–Crippen LogP) is 5.01. The van der Waals surface area contributed by atoms with Crippen molar-refractivity contribution < 1.29 is 0 Å². The van der Waals surface area contributed by atoms with Crippen LogP contribution in [-0.2, 0) is 6.42 Å². The van der Waals surface area contributed by atoms with Gasteiger partial charge in [0.2, 0.25) is 0 Å². The third-order valence-electron chi connectivity index (χ3n) is 4.42. The van der Waals surface area contributed by atoms with Crippen molar-refractivity contribution in [2.45, 2.75) is 19.3 Å². The highest BCUT2D eigenvalue weighted by molar-refractivity contribution is 5.63. The van der Waals surface area contributed by atoms with Gasteiger partial charge in [0.05, 0.1) is 0 Å². The Morgan fingerprint density at radius 3 is 2.85 bits per heavy atom. The maximum absolute atomic E-state index is 2.41. The van der Waals surface area contributed by atoms with E-state index in [9.17, 15) is 0 Å². The largest absolute Gasteiger partial charge is 0.0732 e. The molecule has 0 spiro atoms. The first-order valence-electron chi connectivity index (χ1n) is 7.43. The van der Waals surface area contributed by atoms with Gasteiger partial charge in [-0.05, 0) is 36.0 Å². The molecular formula is C20H18. The fourth-order valence-electron chi connectivity index (χ4n) is 3.33. The van der Waals surface area contributed by atoms with Crippen molar-refractivity contribution in [3.63, 3.8) is 0 Å². The van der Waals surface area contributed by atoms with Crippen molar-refractivity contribution in [3.8, 4) is 0 Å². The van der Waals surface area contributed by atoms with Crippen LogP contribution in [0.5, 0.6) is 0 Å². The third kappa shape index (κ3) is 2.12. The van der Waals surface area contributed by atoms with Gasteiger partial charge in [-0.2, -0.15) is 0 Å². The van der Waals surface area contributed by atoms with Gasteiger partial charge < -0.3 is 0 Å². The number of rotatable bonds is 3. The van der Waals surface area contributed by atoms with Gasteiger partial charge in [0.15, 0.2) is 0 Å². The second-order valence-electron chi connectivity index (χ2n) is 5.83. The highest BCUT2D eigenvalue weighted by Gasteiger charge is 2.17. The molecular weight excluding hydrogens is 240 g/mol. The van der Waals surface area contributed by atoms with Crippen LogP contribution in [0.2, 0.25) is 0 Å². The molecule has 1 aromatic carbocycles. The molecule has 0 saturated carbocycles. The Kier molecular flexibility index (Phi) is 2.81. The normalized spacial score (nSPS) is 22.2.